The van der Waals surface area contributed by atoms with Gasteiger partial charge in [-0.2, -0.15) is 0 Å². The van der Waals surface area contributed by atoms with Crippen LogP contribution in [0.15, 0.2) is 24.3 Å². The van der Waals surface area contributed by atoms with Crippen LogP contribution < -0.4 is 5.73 Å². The maximum Gasteiger partial charge on any atom is 0.327 e. The smallest absolute Gasteiger partial charge is 0.327 e. The summed E-state index contributed by atoms with van der Waals surface area (Å²) < 4.78 is 5.20. The third kappa shape index (κ3) is 4.31. The lowest BCUT2D eigenvalue weighted by Gasteiger charge is -2.15. The molecule has 1 rings (SSSR count). The van der Waals surface area contributed by atoms with Gasteiger partial charge in [0.15, 0.2) is 0 Å². The zero-order valence-corrected chi connectivity index (χ0v) is 11.6. The Morgan fingerprint density at radius 2 is 2.11 bits per heavy atom. The Balaban J connectivity index is 2.54. The minimum Gasteiger partial charge on any atom is -0.464 e. The van der Waals surface area contributed by atoms with E-state index < -0.39 is 12.0 Å². The fourth-order valence-electron chi connectivity index (χ4n) is 1.74. The summed E-state index contributed by atoms with van der Waals surface area (Å²) in [6.07, 6.45) is 2.11. The summed E-state index contributed by atoms with van der Waals surface area (Å²) in [7, 11) is 0. The van der Waals surface area contributed by atoms with Crippen molar-refractivity contribution in [1.82, 2.24) is 0 Å². The molecule has 0 fully saturated rings. The predicted molar refractivity (Wildman–Crippen MR) is 73.4 cm³/mol. The summed E-state index contributed by atoms with van der Waals surface area (Å²) in [6, 6.07) is 6.24. The van der Waals surface area contributed by atoms with Crippen molar-refractivity contribution >= 4 is 17.6 Å². The molecule has 1 unspecified atom stereocenters. The van der Waals surface area contributed by atoms with Gasteiger partial charge in [0.05, 0.1) is 6.61 Å². The van der Waals surface area contributed by atoms with Crippen LogP contribution in [0.2, 0.25) is 5.02 Å². The number of halogens is 1. The van der Waals surface area contributed by atoms with Crippen molar-refractivity contribution in [1.29, 1.82) is 0 Å². The van der Waals surface area contributed by atoms with Crippen LogP contribution in [0.5, 0.6) is 0 Å². The molecule has 0 aromatic heterocycles. The molecule has 1 aromatic carbocycles. The first kappa shape index (κ1) is 15.0. The van der Waals surface area contributed by atoms with Gasteiger partial charge in [-0.1, -0.05) is 50.1 Å². The van der Waals surface area contributed by atoms with Gasteiger partial charge < -0.3 is 10.5 Å². The summed E-state index contributed by atoms with van der Waals surface area (Å²) in [5, 5.41) is 0.489. The number of ether oxygens (including phenoxy) is 1. The Hall–Kier alpha value is -1.06. The molecule has 0 saturated carbocycles. The number of carbonyl (C=O) groups is 1. The zero-order valence-electron chi connectivity index (χ0n) is 10.9. The van der Waals surface area contributed by atoms with Crippen LogP contribution in [0.3, 0.4) is 0 Å². The molecule has 18 heavy (non-hydrogen) atoms. The second-order valence-electron chi connectivity index (χ2n) is 4.52. The van der Waals surface area contributed by atoms with E-state index in [9.17, 15) is 4.79 Å². The van der Waals surface area contributed by atoms with Gasteiger partial charge in [-0.3, -0.25) is 0 Å². The topological polar surface area (TPSA) is 52.3 Å². The van der Waals surface area contributed by atoms with Crippen LogP contribution in [0, 0.1) is 5.92 Å². The Bertz CT molecular complexity index is 395. The van der Waals surface area contributed by atoms with Crippen molar-refractivity contribution in [3.05, 3.63) is 34.9 Å². The molecule has 3 nitrogen and oxygen atoms in total. The molecule has 2 atom stereocenters. The first-order chi connectivity index (χ1) is 8.56. The van der Waals surface area contributed by atoms with Crippen LogP contribution >= 0.6 is 11.6 Å². The minimum absolute atomic E-state index is 0.359. The SMILES string of the molecule is CCCC(C)COC(=O)[C@H](N)c1ccccc1Cl. The highest BCUT2D eigenvalue weighted by Crippen LogP contribution is 2.22. The van der Waals surface area contributed by atoms with Gasteiger partial charge >= 0.3 is 5.97 Å². The van der Waals surface area contributed by atoms with Gasteiger partial charge in [0.25, 0.3) is 0 Å². The second kappa shape index (κ2) is 7.39. The van der Waals surface area contributed by atoms with E-state index in [1.54, 1.807) is 24.3 Å². The van der Waals surface area contributed by atoms with Crippen LogP contribution in [-0.4, -0.2) is 12.6 Å². The maximum atomic E-state index is 11.8. The second-order valence-corrected chi connectivity index (χ2v) is 4.93. The minimum atomic E-state index is -0.812. The van der Waals surface area contributed by atoms with Crippen molar-refractivity contribution in [2.45, 2.75) is 32.7 Å². The van der Waals surface area contributed by atoms with E-state index >= 15 is 0 Å². The standard InChI is InChI=1S/C14H20ClNO2/c1-3-6-10(2)9-18-14(17)13(16)11-7-4-5-8-12(11)15/h4-5,7-8,10,13H,3,6,9,16H2,1-2H3/t10?,13-/m1/s1. The van der Waals surface area contributed by atoms with Crippen molar-refractivity contribution in [2.24, 2.45) is 11.7 Å². The Morgan fingerprint density at radius 1 is 1.44 bits per heavy atom. The van der Waals surface area contributed by atoms with E-state index in [1.807, 2.05) is 0 Å². The molecular formula is C14H20ClNO2. The molecule has 100 valence electrons. The molecule has 0 amide bonds. The summed E-state index contributed by atoms with van der Waals surface area (Å²) in [6.45, 7) is 4.57. The predicted octanol–water partition coefficient (Wildman–Crippen LogP) is 3.32. The molecule has 0 radical (unpaired) electrons. The van der Waals surface area contributed by atoms with Gasteiger partial charge in [-0.15, -0.1) is 0 Å². The average Bonchev–Trinajstić information content (AvgIpc) is 2.36. The average molecular weight is 270 g/mol. The number of nitrogens with two attached hydrogens (primary N) is 1. The highest BCUT2D eigenvalue weighted by molar-refractivity contribution is 6.31. The molecule has 0 bridgehead atoms. The van der Waals surface area contributed by atoms with Crippen molar-refractivity contribution in [3.63, 3.8) is 0 Å². The van der Waals surface area contributed by atoms with Crippen LogP contribution in [0.25, 0.3) is 0 Å². The molecular weight excluding hydrogens is 250 g/mol. The van der Waals surface area contributed by atoms with Gasteiger partial charge in [0, 0.05) is 5.02 Å². The summed E-state index contributed by atoms with van der Waals surface area (Å²) >= 11 is 5.99. The summed E-state index contributed by atoms with van der Waals surface area (Å²) in [5.41, 5.74) is 6.44. The van der Waals surface area contributed by atoms with Gasteiger partial charge in [0.2, 0.25) is 0 Å². The monoisotopic (exact) mass is 269 g/mol. The molecule has 0 aliphatic carbocycles. The third-order valence-corrected chi connectivity index (χ3v) is 3.13. The Kier molecular flexibility index (Phi) is 6.16. The van der Waals surface area contributed by atoms with Gasteiger partial charge in [-0.05, 0) is 24.0 Å². The van der Waals surface area contributed by atoms with Crippen molar-refractivity contribution < 1.29 is 9.53 Å². The molecule has 4 heteroatoms. The molecule has 0 heterocycles. The Labute approximate surface area is 113 Å². The van der Waals surface area contributed by atoms with Gasteiger partial charge in [-0.25, -0.2) is 4.79 Å². The van der Waals surface area contributed by atoms with Crippen LogP contribution in [0.4, 0.5) is 0 Å². The number of hydrogen-bond acceptors (Lipinski definition) is 3. The molecule has 0 saturated heterocycles. The first-order valence-electron chi connectivity index (χ1n) is 6.22. The number of esters is 1. The summed E-state index contributed by atoms with van der Waals surface area (Å²) in [5.74, 6) is -0.0663. The lowest BCUT2D eigenvalue weighted by atomic mass is 10.1. The summed E-state index contributed by atoms with van der Waals surface area (Å²) in [4.78, 5) is 11.8. The Morgan fingerprint density at radius 3 is 2.72 bits per heavy atom. The van der Waals surface area contributed by atoms with E-state index in [-0.39, 0.29) is 0 Å². The lowest BCUT2D eigenvalue weighted by Crippen LogP contribution is -2.25. The number of rotatable bonds is 6. The maximum absolute atomic E-state index is 11.8. The lowest BCUT2D eigenvalue weighted by molar-refractivity contribution is -0.146. The van der Waals surface area contributed by atoms with Crippen LogP contribution in [0.1, 0.15) is 38.3 Å². The van der Waals surface area contributed by atoms with Gasteiger partial charge in [0.1, 0.15) is 6.04 Å². The molecule has 0 aliphatic heterocycles. The first-order valence-corrected chi connectivity index (χ1v) is 6.60. The number of hydrogen-bond donors (Lipinski definition) is 1. The highest BCUT2D eigenvalue weighted by Gasteiger charge is 2.20. The van der Waals surface area contributed by atoms with E-state index in [1.165, 1.54) is 0 Å². The van der Waals surface area contributed by atoms with Crippen molar-refractivity contribution in [2.75, 3.05) is 6.61 Å². The van der Waals surface area contributed by atoms with E-state index in [0.29, 0.717) is 23.1 Å². The number of carbonyl (C=O) groups excluding carboxylic acids is 1. The molecule has 0 aliphatic rings. The molecule has 0 spiro atoms. The quantitative estimate of drug-likeness (QED) is 0.806. The zero-order chi connectivity index (χ0) is 13.5. The van der Waals surface area contributed by atoms with E-state index in [0.717, 1.165) is 12.8 Å². The molecule has 2 N–H and O–H groups in total. The van der Waals surface area contributed by atoms with Crippen molar-refractivity contribution in [3.8, 4) is 0 Å². The molecule has 1 aromatic rings. The fraction of sp³-hybridized carbons (Fsp3) is 0.500. The number of benzene rings is 1. The van der Waals surface area contributed by atoms with E-state index in [2.05, 4.69) is 13.8 Å². The van der Waals surface area contributed by atoms with Crippen LogP contribution in [-0.2, 0) is 9.53 Å². The largest absolute Gasteiger partial charge is 0.464 e. The van der Waals surface area contributed by atoms with E-state index in [4.69, 9.17) is 22.1 Å². The third-order valence-electron chi connectivity index (χ3n) is 2.79. The highest BCUT2D eigenvalue weighted by atomic mass is 35.5. The fourth-order valence-corrected chi connectivity index (χ4v) is 2.00. The normalized spacial score (nSPS) is 14.0.